The summed E-state index contributed by atoms with van der Waals surface area (Å²) in [6.45, 7) is 5.95. The predicted molar refractivity (Wildman–Crippen MR) is 148 cm³/mol. The molecular weight excluding hydrogens is 502 g/mol. The number of rotatable bonds is 7. The van der Waals surface area contributed by atoms with E-state index in [-0.39, 0.29) is 30.3 Å². The van der Waals surface area contributed by atoms with Crippen LogP contribution in [0.4, 0.5) is 5.13 Å². The van der Waals surface area contributed by atoms with Crippen LogP contribution >= 0.6 is 11.3 Å². The molecular formula is C28H37N5O4S. The molecule has 3 aliphatic rings. The molecule has 5 rings (SSSR count). The van der Waals surface area contributed by atoms with Crippen LogP contribution in [0.5, 0.6) is 0 Å². The Hall–Kier alpha value is -2.82. The fraction of sp³-hybridized carbons (Fsp3) is 0.571. The molecule has 2 aromatic rings. The number of likely N-dealkylation sites (N-methyl/N-ethyl adjacent to an activating group) is 1. The highest BCUT2D eigenvalue weighted by Gasteiger charge is 2.44. The first kappa shape index (κ1) is 26.8. The first-order valence-corrected chi connectivity index (χ1v) is 14.5. The monoisotopic (exact) mass is 539 g/mol. The maximum atomic E-state index is 13.5. The van der Waals surface area contributed by atoms with Gasteiger partial charge in [-0.15, -0.1) is 11.3 Å². The summed E-state index contributed by atoms with van der Waals surface area (Å²) in [4.78, 5) is 48.6. The van der Waals surface area contributed by atoms with Gasteiger partial charge in [0.1, 0.15) is 18.2 Å². The van der Waals surface area contributed by atoms with Crippen LogP contribution in [0.25, 0.3) is 11.3 Å². The summed E-state index contributed by atoms with van der Waals surface area (Å²) in [7, 11) is 2.14. The largest absolute Gasteiger partial charge is 0.368 e. The van der Waals surface area contributed by atoms with Crippen molar-refractivity contribution in [1.82, 2.24) is 20.5 Å². The number of anilines is 1. The molecule has 2 atom stereocenters. The SMILES string of the molecule is CCC1OCC(=O)C1NC(=O)C1(NC(=O)c2ccc(-c3csc(N4CCN(C)CC4)n3)cc2)CCCCC1. The Balaban J connectivity index is 1.26. The molecule has 2 unspecified atom stereocenters. The summed E-state index contributed by atoms with van der Waals surface area (Å²) < 4.78 is 5.53. The molecule has 2 saturated heterocycles. The van der Waals surface area contributed by atoms with Crippen LogP contribution < -0.4 is 15.5 Å². The van der Waals surface area contributed by atoms with Gasteiger partial charge in [0, 0.05) is 42.7 Å². The molecule has 10 heteroatoms. The average molecular weight is 540 g/mol. The molecule has 1 saturated carbocycles. The number of carbonyl (C=O) groups is 3. The first-order chi connectivity index (χ1) is 18.4. The Morgan fingerprint density at radius 2 is 1.82 bits per heavy atom. The molecule has 1 aromatic heterocycles. The predicted octanol–water partition coefficient (Wildman–Crippen LogP) is 2.86. The summed E-state index contributed by atoms with van der Waals surface area (Å²) >= 11 is 1.64. The van der Waals surface area contributed by atoms with Gasteiger partial charge >= 0.3 is 0 Å². The maximum Gasteiger partial charge on any atom is 0.252 e. The van der Waals surface area contributed by atoms with Crippen molar-refractivity contribution in [3.05, 3.63) is 35.2 Å². The van der Waals surface area contributed by atoms with Crippen LogP contribution in [-0.2, 0) is 14.3 Å². The lowest BCUT2D eigenvalue weighted by Crippen LogP contribution is -2.62. The summed E-state index contributed by atoms with van der Waals surface area (Å²) in [5.41, 5.74) is 1.32. The van der Waals surface area contributed by atoms with Gasteiger partial charge in [0.05, 0.1) is 11.8 Å². The second-order valence-corrected chi connectivity index (χ2v) is 11.5. The van der Waals surface area contributed by atoms with Gasteiger partial charge in [-0.2, -0.15) is 0 Å². The number of nitrogens with one attached hydrogen (secondary N) is 2. The molecule has 2 aliphatic heterocycles. The number of hydrogen-bond acceptors (Lipinski definition) is 8. The number of piperazine rings is 1. The van der Waals surface area contributed by atoms with Crippen molar-refractivity contribution in [2.75, 3.05) is 44.7 Å². The van der Waals surface area contributed by atoms with Gasteiger partial charge in [0.2, 0.25) is 5.91 Å². The van der Waals surface area contributed by atoms with E-state index in [0.717, 1.165) is 61.8 Å². The number of aromatic nitrogens is 1. The van der Waals surface area contributed by atoms with Gasteiger partial charge in [0.15, 0.2) is 10.9 Å². The zero-order chi connectivity index (χ0) is 26.7. The van der Waals surface area contributed by atoms with Crippen molar-refractivity contribution in [3.63, 3.8) is 0 Å². The van der Waals surface area contributed by atoms with E-state index in [1.807, 2.05) is 19.1 Å². The van der Waals surface area contributed by atoms with E-state index >= 15 is 0 Å². The minimum atomic E-state index is -1.03. The molecule has 38 heavy (non-hydrogen) atoms. The van der Waals surface area contributed by atoms with Crippen LogP contribution in [0.3, 0.4) is 0 Å². The van der Waals surface area contributed by atoms with E-state index in [1.165, 1.54) is 0 Å². The third kappa shape index (κ3) is 5.62. The van der Waals surface area contributed by atoms with Gasteiger partial charge in [-0.25, -0.2) is 4.98 Å². The highest BCUT2D eigenvalue weighted by molar-refractivity contribution is 7.14. The van der Waals surface area contributed by atoms with E-state index in [0.29, 0.717) is 24.8 Å². The van der Waals surface area contributed by atoms with Crippen molar-refractivity contribution in [2.45, 2.75) is 63.1 Å². The van der Waals surface area contributed by atoms with Gasteiger partial charge < -0.3 is 25.2 Å². The van der Waals surface area contributed by atoms with Gasteiger partial charge in [-0.1, -0.05) is 38.3 Å². The van der Waals surface area contributed by atoms with Gasteiger partial charge in [-0.05, 0) is 38.4 Å². The molecule has 2 amide bonds. The van der Waals surface area contributed by atoms with E-state index < -0.39 is 11.6 Å². The molecule has 9 nitrogen and oxygen atoms in total. The Kier molecular flexibility index (Phi) is 8.11. The third-order valence-corrected chi connectivity index (χ3v) is 8.95. The first-order valence-electron chi connectivity index (χ1n) is 13.7. The maximum absolute atomic E-state index is 13.5. The Bertz CT molecular complexity index is 1150. The number of Topliss-reactive ketones (excluding diaryl/α,β-unsaturated/α-hetero) is 1. The fourth-order valence-corrected chi connectivity index (χ4v) is 6.46. The highest BCUT2D eigenvalue weighted by Crippen LogP contribution is 2.31. The van der Waals surface area contributed by atoms with Crippen molar-refractivity contribution < 1.29 is 19.1 Å². The Labute approximate surface area is 227 Å². The minimum Gasteiger partial charge on any atom is -0.368 e. The fourth-order valence-electron chi connectivity index (χ4n) is 5.57. The smallest absolute Gasteiger partial charge is 0.252 e. The molecule has 0 radical (unpaired) electrons. The lowest BCUT2D eigenvalue weighted by atomic mass is 9.80. The number of amides is 2. The quantitative estimate of drug-likeness (QED) is 0.558. The van der Waals surface area contributed by atoms with Crippen LogP contribution in [0.2, 0.25) is 0 Å². The number of ether oxygens (including phenoxy) is 1. The highest BCUT2D eigenvalue weighted by atomic mass is 32.1. The number of ketones is 1. The number of thiazole rings is 1. The third-order valence-electron chi connectivity index (χ3n) is 8.05. The second-order valence-electron chi connectivity index (χ2n) is 10.7. The van der Waals surface area contributed by atoms with E-state index in [4.69, 9.17) is 9.72 Å². The average Bonchev–Trinajstić information content (AvgIpc) is 3.57. The zero-order valence-electron chi connectivity index (χ0n) is 22.2. The van der Waals surface area contributed by atoms with Crippen molar-refractivity contribution in [1.29, 1.82) is 0 Å². The topological polar surface area (TPSA) is 104 Å². The number of benzene rings is 1. The molecule has 0 spiro atoms. The van der Waals surface area contributed by atoms with Crippen molar-refractivity contribution >= 4 is 34.1 Å². The summed E-state index contributed by atoms with van der Waals surface area (Å²) in [5, 5.41) is 9.05. The molecule has 0 bridgehead atoms. The van der Waals surface area contributed by atoms with E-state index in [2.05, 4.69) is 32.9 Å². The van der Waals surface area contributed by atoms with Crippen LogP contribution in [0.15, 0.2) is 29.6 Å². The summed E-state index contributed by atoms with van der Waals surface area (Å²) in [6.07, 6.45) is 4.13. The Morgan fingerprint density at radius 3 is 2.50 bits per heavy atom. The van der Waals surface area contributed by atoms with Crippen molar-refractivity contribution in [3.8, 4) is 11.3 Å². The zero-order valence-corrected chi connectivity index (χ0v) is 23.0. The molecule has 204 valence electrons. The number of nitrogens with zero attached hydrogens (tertiary/aromatic N) is 3. The molecule has 3 heterocycles. The van der Waals surface area contributed by atoms with Crippen molar-refractivity contribution in [2.24, 2.45) is 0 Å². The summed E-state index contributed by atoms with van der Waals surface area (Å²) in [6, 6.07) is 6.73. The standard InChI is InChI=1S/C28H37N5O4S/c1-3-23-24(22(34)17-37-23)30-26(36)28(11-5-4-6-12-28)31-25(35)20-9-7-19(8-10-20)21-18-38-27(29-21)33-15-13-32(2)14-16-33/h7-10,18,23-24H,3-6,11-17H2,1-2H3,(H,30,36)(H,31,35). The number of hydrogen-bond donors (Lipinski definition) is 2. The summed E-state index contributed by atoms with van der Waals surface area (Å²) in [5.74, 6) is -0.690. The van der Waals surface area contributed by atoms with Crippen LogP contribution in [-0.4, -0.2) is 85.0 Å². The second kappa shape index (κ2) is 11.5. The van der Waals surface area contributed by atoms with Gasteiger partial charge in [0.25, 0.3) is 5.91 Å². The van der Waals surface area contributed by atoms with E-state index in [1.54, 1.807) is 23.5 Å². The molecule has 2 N–H and O–H groups in total. The molecule has 1 aromatic carbocycles. The normalized spacial score (nSPS) is 23.8. The molecule has 3 fully saturated rings. The van der Waals surface area contributed by atoms with Gasteiger partial charge in [-0.3, -0.25) is 14.4 Å². The van der Waals surface area contributed by atoms with Crippen LogP contribution in [0, 0.1) is 0 Å². The number of carbonyl (C=O) groups excluding carboxylic acids is 3. The van der Waals surface area contributed by atoms with E-state index in [9.17, 15) is 14.4 Å². The van der Waals surface area contributed by atoms with Crippen LogP contribution in [0.1, 0.15) is 55.8 Å². The lowest BCUT2D eigenvalue weighted by molar-refractivity contribution is -0.132. The Morgan fingerprint density at radius 1 is 1.11 bits per heavy atom. The molecule has 1 aliphatic carbocycles. The lowest BCUT2D eigenvalue weighted by Gasteiger charge is -2.37. The minimum absolute atomic E-state index is 0.0189.